The number of likely N-dealkylation sites (tertiary alicyclic amines) is 1. The molecule has 1 N–H and O–H groups in total. The van der Waals surface area contributed by atoms with Crippen molar-refractivity contribution in [3.63, 3.8) is 0 Å². The minimum atomic E-state index is -0.470. The molecule has 156 valence electrons. The average molecular weight is 409 g/mol. The molecule has 2 unspecified atom stereocenters. The van der Waals surface area contributed by atoms with Crippen LogP contribution >= 0.6 is 0 Å². The minimum absolute atomic E-state index is 0.0352. The Hall–Kier alpha value is -3.29. The van der Waals surface area contributed by atoms with Crippen molar-refractivity contribution in [3.05, 3.63) is 65.9 Å². The van der Waals surface area contributed by atoms with Crippen LogP contribution in [0.2, 0.25) is 0 Å². The van der Waals surface area contributed by atoms with Gasteiger partial charge in [-0.05, 0) is 42.7 Å². The summed E-state index contributed by atoms with van der Waals surface area (Å²) in [5.74, 6) is -0.0933. The molecule has 0 bridgehead atoms. The topological polar surface area (TPSA) is 79.6 Å². The fraction of sp³-hybridized carbons (Fsp3) is 0.364. The second kappa shape index (κ2) is 8.61. The first-order chi connectivity index (χ1) is 14.5. The monoisotopic (exact) mass is 409 g/mol. The zero-order valence-electron chi connectivity index (χ0n) is 16.8. The van der Waals surface area contributed by atoms with E-state index in [0.29, 0.717) is 37.8 Å². The molecule has 1 aliphatic rings. The zero-order chi connectivity index (χ0) is 21.1. The highest BCUT2D eigenvalue weighted by Crippen LogP contribution is 2.36. The molecular weight excluding hydrogens is 385 g/mol. The zero-order valence-corrected chi connectivity index (χ0v) is 16.8. The van der Waals surface area contributed by atoms with Gasteiger partial charge in [0.05, 0.1) is 12.0 Å². The number of benzene rings is 1. The Morgan fingerprint density at radius 1 is 1.23 bits per heavy atom. The molecule has 0 saturated carbocycles. The van der Waals surface area contributed by atoms with Gasteiger partial charge in [-0.2, -0.15) is 0 Å². The van der Waals surface area contributed by atoms with E-state index in [1.807, 2.05) is 28.8 Å². The smallest absolute Gasteiger partial charge is 0.225 e. The Morgan fingerprint density at radius 2 is 2.10 bits per heavy atom. The molecular formula is C22H24FN5O2. The summed E-state index contributed by atoms with van der Waals surface area (Å²) in [7, 11) is 1.67. The molecule has 8 heteroatoms. The van der Waals surface area contributed by atoms with E-state index in [9.17, 15) is 14.0 Å². The lowest BCUT2D eigenvalue weighted by atomic mass is 9.84. The molecule has 1 aliphatic heterocycles. The first-order valence-electron chi connectivity index (χ1n) is 10.1. The lowest BCUT2D eigenvalue weighted by molar-refractivity contribution is -0.141. The number of rotatable bonds is 6. The largest absolute Gasteiger partial charge is 0.356 e. The van der Waals surface area contributed by atoms with Gasteiger partial charge in [-0.1, -0.05) is 18.2 Å². The predicted molar refractivity (Wildman–Crippen MR) is 109 cm³/mol. The number of hydrogen-bond acceptors (Lipinski definition) is 4. The van der Waals surface area contributed by atoms with Crippen LogP contribution in [0.1, 0.15) is 36.7 Å². The average Bonchev–Trinajstić information content (AvgIpc) is 3.16. The number of piperidine rings is 1. The summed E-state index contributed by atoms with van der Waals surface area (Å²) in [5, 5.41) is 11.3. The van der Waals surface area contributed by atoms with E-state index in [2.05, 4.69) is 15.5 Å². The van der Waals surface area contributed by atoms with Crippen molar-refractivity contribution in [1.29, 1.82) is 0 Å². The Bertz CT molecular complexity index is 1070. The van der Waals surface area contributed by atoms with Crippen LogP contribution in [0.3, 0.4) is 0 Å². The van der Waals surface area contributed by atoms with Gasteiger partial charge in [0, 0.05) is 32.6 Å². The third-order valence-corrected chi connectivity index (χ3v) is 5.65. The molecule has 0 radical (unpaired) electrons. The molecule has 2 amide bonds. The van der Waals surface area contributed by atoms with Gasteiger partial charge in [0.15, 0.2) is 5.65 Å². The summed E-state index contributed by atoms with van der Waals surface area (Å²) in [6, 6.07) is 11.4. The summed E-state index contributed by atoms with van der Waals surface area (Å²) in [6.07, 6.45) is 4.08. The number of nitrogens with zero attached hydrogens (tertiary/aromatic N) is 4. The lowest BCUT2D eigenvalue weighted by Crippen LogP contribution is -2.46. The summed E-state index contributed by atoms with van der Waals surface area (Å²) in [5.41, 5.74) is 1.44. The molecule has 3 aromatic rings. The van der Waals surface area contributed by atoms with Gasteiger partial charge in [-0.3, -0.25) is 14.0 Å². The molecule has 0 spiro atoms. The normalized spacial score (nSPS) is 19.3. The highest BCUT2D eigenvalue weighted by atomic mass is 19.1. The van der Waals surface area contributed by atoms with Crippen LogP contribution in [0.25, 0.3) is 5.65 Å². The Labute approximate surface area is 173 Å². The predicted octanol–water partition coefficient (Wildman–Crippen LogP) is 2.53. The van der Waals surface area contributed by atoms with E-state index in [1.54, 1.807) is 24.1 Å². The number of amides is 2. The number of carbonyl (C=O) groups is 2. The fourth-order valence-electron chi connectivity index (χ4n) is 4.11. The van der Waals surface area contributed by atoms with Crippen molar-refractivity contribution in [2.24, 2.45) is 5.92 Å². The van der Waals surface area contributed by atoms with Crippen LogP contribution in [0, 0.1) is 11.7 Å². The Kier molecular flexibility index (Phi) is 5.74. The van der Waals surface area contributed by atoms with Crippen LogP contribution in [0.4, 0.5) is 4.39 Å². The third-order valence-electron chi connectivity index (χ3n) is 5.65. The van der Waals surface area contributed by atoms with E-state index in [4.69, 9.17) is 0 Å². The maximum atomic E-state index is 13.8. The molecule has 7 nitrogen and oxygen atoms in total. The van der Waals surface area contributed by atoms with Crippen molar-refractivity contribution in [3.8, 4) is 0 Å². The Morgan fingerprint density at radius 3 is 2.93 bits per heavy atom. The standard InChI is InChI=1S/C22H24FN5O2/c1-27-20(29)11-10-17(21(27)15-6-4-7-16(23)14-15)22(30)24-12-5-9-19-26-25-18-8-2-3-13-28(18)19/h2-4,6-8,13-14,17,21H,5,9-12H2,1H3,(H,24,30). The number of pyridine rings is 1. The molecule has 30 heavy (non-hydrogen) atoms. The summed E-state index contributed by atoms with van der Waals surface area (Å²) < 4.78 is 15.7. The van der Waals surface area contributed by atoms with E-state index in [0.717, 1.165) is 11.5 Å². The summed E-state index contributed by atoms with van der Waals surface area (Å²) >= 11 is 0. The maximum absolute atomic E-state index is 13.8. The molecule has 1 fully saturated rings. The highest BCUT2D eigenvalue weighted by Gasteiger charge is 2.38. The van der Waals surface area contributed by atoms with Crippen LogP contribution in [0.5, 0.6) is 0 Å². The van der Waals surface area contributed by atoms with Gasteiger partial charge >= 0.3 is 0 Å². The molecule has 1 aromatic carbocycles. The summed E-state index contributed by atoms with van der Waals surface area (Å²) in [4.78, 5) is 26.7. The van der Waals surface area contributed by atoms with Crippen LogP contribution < -0.4 is 5.32 Å². The molecule has 1 saturated heterocycles. The number of fused-ring (bicyclic) bond motifs is 1. The van der Waals surface area contributed by atoms with Gasteiger partial charge in [-0.15, -0.1) is 10.2 Å². The minimum Gasteiger partial charge on any atom is -0.356 e. The molecule has 3 heterocycles. The summed E-state index contributed by atoms with van der Waals surface area (Å²) in [6.45, 7) is 0.491. The quantitative estimate of drug-likeness (QED) is 0.635. The van der Waals surface area contributed by atoms with Crippen molar-refractivity contribution >= 4 is 17.5 Å². The van der Waals surface area contributed by atoms with Crippen molar-refractivity contribution in [1.82, 2.24) is 24.8 Å². The van der Waals surface area contributed by atoms with Gasteiger partial charge < -0.3 is 10.2 Å². The van der Waals surface area contributed by atoms with Crippen molar-refractivity contribution in [2.45, 2.75) is 31.7 Å². The number of carbonyl (C=O) groups excluding carboxylic acids is 2. The Balaban J connectivity index is 1.39. The van der Waals surface area contributed by atoms with E-state index < -0.39 is 12.0 Å². The molecule has 2 atom stereocenters. The third kappa shape index (κ3) is 4.03. The molecule has 4 rings (SSSR count). The molecule has 0 aliphatic carbocycles. The SMILES string of the molecule is CN1C(=O)CCC(C(=O)NCCCc2nnc3ccccn23)C1c1cccc(F)c1. The van der Waals surface area contributed by atoms with Gasteiger partial charge in [-0.25, -0.2) is 4.39 Å². The van der Waals surface area contributed by atoms with E-state index >= 15 is 0 Å². The van der Waals surface area contributed by atoms with E-state index in [-0.39, 0.29) is 17.6 Å². The lowest BCUT2D eigenvalue weighted by Gasteiger charge is -2.38. The number of nitrogens with one attached hydrogen (secondary N) is 1. The van der Waals surface area contributed by atoms with Gasteiger partial charge in [0.1, 0.15) is 11.6 Å². The second-order valence-electron chi connectivity index (χ2n) is 7.59. The number of aryl methyl sites for hydroxylation is 1. The van der Waals surface area contributed by atoms with Crippen LogP contribution in [-0.2, 0) is 16.0 Å². The van der Waals surface area contributed by atoms with Crippen molar-refractivity contribution < 1.29 is 14.0 Å². The molecule has 2 aromatic heterocycles. The number of halogens is 1. The first kappa shape index (κ1) is 20.0. The van der Waals surface area contributed by atoms with Crippen molar-refractivity contribution in [2.75, 3.05) is 13.6 Å². The van der Waals surface area contributed by atoms with Gasteiger partial charge in [0.25, 0.3) is 0 Å². The first-order valence-corrected chi connectivity index (χ1v) is 10.1. The highest BCUT2D eigenvalue weighted by molar-refractivity contribution is 5.84. The fourth-order valence-corrected chi connectivity index (χ4v) is 4.11. The van der Waals surface area contributed by atoms with E-state index in [1.165, 1.54) is 12.1 Å². The number of hydrogen-bond donors (Lipinski definition) is 1. The number of aromatic nitrogens is 3. The van der Waals surface area contributed by atoms with Gasteiger partial charge in [0.2, 0.25) is 11.8 Å². The maximum Gasteiger partial charge on any atom is 0.225 e. The van der Waals surface area contributed by atoms with Crippen LogP contribution in [0.15, 0.2) is 48.7 Å². The second-order valence-corrected chi connectivity index (χ2v) is 7.59. The van der Waals surface area contributed by atoms with Crippen LogP contribution in [-0.4, -0.2) is 44.9 Å².